The number of rotatable bonds is 7. The number of carbonyl (C=O) groups excluding carboxylic acids is 1. The molecule has 0 radical (unpaired) electrons. The van der Waals surface area contributed by atoms with Gasteiger partial charge < -0.3 is 26.2 Å². The van der Waals surface area contributed by atoms with Crippen molar-refractivity contribution in [3.8, 4) is 0 Å². The van der Waals surface area contributed by atoms with E-state index in [2.05, 4.69) is 16.0 Å². The molecular weight excluding hydrogens is 278 g/mol. The fourth-order valence-electron chi connectivity index (χ4n) is 1.66. The lowest BCUT2D eigenvalue weighted by Crippen LogP contribution is -2.44. The van der Waals surface area contributed by atoms with E-state index in [1.807, 2.05) is 6.07 Å². The summed E-state index contributed by atoms with van der Waals surface area (Å²) in [5.74, 6) is -2.71. The number of carboxylic acids is 2. The molecule has 114 valence electrons. The van der Waals surface area contributed by atoms with Gasteiger partial charge >= 0.3 is 18.0 Å². The summed E-state index contributed by atoms with van der Waals surface area (Å²) in [6, 6.07) is 4.72. The Hall–Kier alpha value is -2.61. The molecule has 0 bridgehead atoms. The molecule has 8 nitrogen and oxygen atoms in total. The monoisotopic (exact) mass is 295 g/mol. The van der Waals surface area contributed by atoms with Crippen LogP contribution in [-0.4, -0.2) is 41.3 Å². The highest BCUT2D eigenvalue weighted by atomic mass is 16.4. The normalized spacial score (nSPS) is 11.5. The van der Waals surface area contributed by atoms with Crippen LogP contribution in [0.2, 0.25) is 0 Å². The van der Waals surface area contributed by atoms with Crippen LogP contribution in [0.3, 0.4) is 0 Å². The Morgan fingerprint density at radius 2 is 1.95 bits per heavy atom. The van der Waals surface area contributed by atoms with Crippen molar-refractivity contribution in [2.24, 2.45) is 0 Å². The molecule has 0 aromatic heterocycles. The van der Waals surface area contributed by atoms with Crippen molar-refractivity contribution < 1.29 is 24.6 Å². The minimum absolute atomic E-state index is 0.486. The molecule has 0 aliphatic rings. The van der Waals surface area contributed by atoms with Gasteiger partial charge in [-0.3, -0.25) is 4.79 Å². The van der Waals surface area contributed by atoms with Gasteiger partial charge in [-0.1, -0.05) is 12.1 Å². The topological polar surface area (TPSA) is 128 Å². The molecule has 0 aliphatic heterocycles. The van der Waals surface area contributed by atoms with E-state index in [1.54, 1.807) is 25.2 Å². The quantitative estimate of drug-likeness (QED) is 0.497. The minimum Gasteiger partial charge on any atom is -0.481 e. The summed E-state index contributed by atoms with van der Waals surface area (Å²) in [4.78, 5) is 33.1. The fraction of sp³-hybridized carbons (Fsp3) is 0.308. The number of amides is 2. The zero-order chi connectivity index (χ0) is 15.8. The number of hydrogen-bond acceptors (Lipinski definition) is 4. The Morgan fingerprint density at radius 1 is 1.24 bits per heavy atom. The average molecular weight is 295 g/mol. The van der Waals surface area contributed by atoms with E-state index in [-0.39, 0.29) is 0 Å². The summed E-state index contributed by atoms with van der Waals surface area (Å²) in [5, 5.41) is 25.0. The second kappa shape index (κ2) is 7.85. The molecule has 2 amide bonds. The van der Waals surface area contributed by atoms with Crippen LogP contribution >= 0.6 is 0 Å². The van der Waals surface area contributed by atoms with Gasteiger partial charge in [0.25, 0.3) is 0 Å². The highest BCUT2D eigenvalue weighted by Gasteiger charge is 2.22. The molecule has 5 N–H and O–H groups in total. The Kier molecular flexibility index (Phi) is 6.15. The molecule has 0 saturated heterocycles. The van der Waals surface area contributed by atoms with E-state index in [9.17, 15) is 14.4 Å². The van der Waals surface area contributed by atoms with Gasteiger partial charge in [0.1, 0.15) is 6.04 Å². The fourth-order valence-corrected chi connectivity index (χ4v) is 1.66. The number of carbonyl (C=O) groups is 3. The summed E-state index contributed by atoms with van der Waals surface area (Å²) < 4.78 is 0. The van der Waals surface area contributed by atoms with E-state index < -0.39 is 30.4 Å². The first kappa shape index (κ1) is 16.4. The van der Waals surface area contributed by atoms with Gasteiger partial charge in [0.05, 0.1) is 6.42 Å². The number of hydrogen-bond donors (Lipinski definition) is 5. The van der Waals surface area contributed by atoms with Crippen molar-refractivity contribution in [1.29, 1.82) is 0 Å². The number of carboxylic acid groups (broad SMARTS) is 2. The third-order valence-electron chi connectivity index (χ3n) is 2.55. The molecule has 0 saturated carbocycles. The van der Waals surface area contributed by atoms with Gasteiger partial charge in [0.2, 0.25) is 0 Å². The summed E-state index contributed by atoms with van der Waals surface area (Å²) in [6.45, 7) is 0.619. The molecule has 0 spiro atoms. The van der Waals surface area contributed by atoms with Crippen LogP contribution in [0.4, 0.5) is 10.5 Å². The number of aliphatic carboxylic acids is 2. The number of urea groups is 1. The molecule has 21 heavy (non-hydrogen) atoms. The van der Waals surface area contributed by atoms with Crippen molar-refractivity contribution in [2.45, 2.75) is 19.0 Å². The van der Waals surface area contributed by atoms with Crippen LogP contribution in [0.25, 0.3) is 0 Å². The van der Waals surface area contributed by atoms with E-state index in [0.29, 0.717) is 12.2 Å². The first-order valence-electron chi connectivity index (χ1n) is 6.18. The first-order valence-corrected chi connectivity index (χ1v) is 6.18. The van der Waals surface area contributed by atoms with Crippen LogP contribution in [0, 0.1) is 0 Å². The van der Waals surface area contributed by atoms with Crippen molar-refractivity contribution in [3.63, 3.8) is 0 Å². The zero-order valence-electron chi connectivity index (χ0n) is 11.4. The maximum Gasteiger partial charge on any atom is 0.326 e. The highest BCUT2D eigenvalue weighted by Crippen LogP contribution is 2.10. The van der Waals surface area contributed by atoms with Crippen molar-refractivity contribution in [2.75, 3.05) is 12.4 Å². The van der Waals surface area contributed by atoms with Crippen molar-refractivity contribution in [3.05, 3.63) is 29.8 Å². The Bertz CT molecular complexity index is 532. The molecule has 8 heteroatoms. The van der Waals surface area contributed by atoms with Crippen LogP contribution in [0.1, 0.15) is 12.0 Å². The summed E-state index contributed by atoms with van der Waals surface area (Å²) >= 11 is 0. The van der Waals surface area contributed by atoms with Crippen molar-refractivity contribution >= 4 is 23.7 Å². The van der Waals surface area contributed by atoms with Gasteiger partial charge in [0, 0.05) is 12.2 Å². The maximum atomic E-state index is 11.7. The van der Waals surface area contributed by atoms with Gasteiger partial charge in [-0.25, -0.2) is 9.59 Å². The Morgan fingerprint density at radius 3 is 2.52 bits per heavy atom. The van der Waals surface area contributed by atoms with E-state index in [4.69, 9.17) is 10.2 Å². The largest absolute Gasteiger partial charge is 0.481 e. The number of benzene rings is 1. The zero-order valence-corrected chi connectivity index (χ0v) is 11.4. The van der Waals surface area contributed by atoms with E-state index in [0.717, 1.165) is 5.56 Å². The Labute approximate surface area is 121 Å². The van der Waals surface area contributed by atoms with E-state index >= 15 is 0 Å². The van der Waals surface area contributed by atoms with Crippen molar-refractivity contribution in [1.82, 2.24) is 10.6 Å². The summed E-state index contributed by atoms with van der Waals surface area (Å²) in [7, 11) is 1.79. The van der Waals surface area contributed by atoms with Gasteiger partial charge in [-0.15, -0.1) is 0 Å². The number of anilines is 1. The lowest BCUT2D eigenvalue weighted by molar-refractivity contribution is -0.145. The molecule has 1 rings (SSSR count). The molecule has 0 unspecified atom stereocenters. The predicted octanol–water partition coefficient (Wildman–Crippen LogP) is 0.455. The van der Waals surface area contributed by atoms with Gasteiger partial charge in [-0.05, 0) is 24.7 Å². The first-order chi connectivity index (χ1) is 9.92. The third-order valence-corrected chi connectivity index (χ3v) is 2.55. The van der Waals surface area contributed by atoms with Crippen LogP contribution in [0.5, 0.6) is 0 Å². The summed E-state index contributed by atoms with van der Waals surface area (Å²) in [5.41, 5.74) is 1.43. The van der Waals surface area contributed by atoms with Crippen LogP contribution in [-0.2, 0) is 16.1 Å². The minimum atomic E-state index is -1.48. The van der Waals surface area contributed by atoms with Gasteiger partial charge in [0.15, 0.2) is 0 Å². The second-order valence-corrected chi connectivity index (χ2v) is 4.32. The van der Waals surface area contributed by atoms with Crippen LogP contribution in [0.15, 0.2) is 24.3 Å². The third kappa shape index (κ3) is 5.91. The van der Waals surface area contributed by atoms with Crippen LogP contribution < -0.4 is 16.0 Å². The lowest BCUT2D eigenvalue weighted by atomic mass is 10.2. The highest BCUT2D eigenvalue weighted by molar-refractivity contribution is 5.93. The number of nitrogens with one attached hydrogen (secondary N) is 3. The van der Waals surface area contributed by atoms with E-state index in [1.165, 1.54) is 0 Å². The average Bonchev–Trinajstić information content (AvgIpc) is 2.38. The standard InChI is InChI=1S/C13H17N3O5/c1-14-7-8-3-2-4-9(5-8)15-13(21)16-10(12(19)20)6-11(17)18/h2-5,10,14H,6-7H2,1H3,(H,17,18)(H,19,20)(H2,15,16,21)/t10-/m0/s1. The Balaban J connectivity index is 2.65. The molecule has 0 aliphatic carbocycles. The van der Waals surface area contributed by atoms with Gasteiger partial charge in [-0.2, -0.15) is 0 Å². The summed E-state index contributed by atoms with van der Waals surface area (Å²) in [6.07, 6.45) is -0.692. The molecule has 1 atom stereocenters. The SMILES string of the molecule is CNCc1cccc(NC(=O)N[C@@H](CC(=O)O)C(=O)O)c1. The molecule has 1 aromatic carbocycles. The lowest BCUT2D eigenvalue weighted by Gasteiger charge is -2.13. The smallest absolute Gasteiger partial charge is 0.326 e. The predicted molar refractivity (Wildman–Crippen MR) is 75.0 cm³/mol. The molecule has 0 fully saturated rings. The second-order valence-electron chi connectivity index (χ2n) is 4.32. The maximum absolute atomic E-state index is 11.7. The molecule has 1 aromatic rings. The molecule has 0 heterocycles. The molecular formula is C13H17N3O5.